The van der Waals surface area contributed by atoms with Crippen molar-refractivity contribution in [2.24, 2.45) is 0 Å². The van der Waals surface area contributed by atoms with Gasteiger partial charge in [-0.1, -0.05) is 60.1 Å². The van der Waals surface area contributed by atoms with Crippen molar-refractivity contribution >= 4 is 34.2 Å². The van der Waals surface area contributed by atoms with Crippen molar-refractivity contribution < 1.29 is 4.79 Å². The van der Waals surface area contributed by atoms with Gasteiger partial charge in [-0.15, -0.1) is 0 Å². The lowest BCUT2D eigenvalue weighted by Crippen LogP contribution is -2.34. The molecule has 0 unspecified atom stereocenters. The van der Waals surface area contributed by atoms with Gasteiger partial charge < -0.3 is 9.47 Å². The molecule has 4 rings (SSSR count). The number of anilines is 1. The summed E-state index contributed by atoms with van der Waals surface area (Å²) < 4.78 is 2.01. The van der Waals surface area contributed by atoms with Gasteiger partial charge in [0, 0.05) is 23.7 Å². The first-order chi connectivity index (χ1) is 14.2. The summed E-state index contributed by atoms with van der Waals surface area (Å²) in [5.41, 5.74) is 3.72. The Balaban J connectivity index is 1.70. The van der Waals surface area contributed by atoms with Crippen LogP contribution in [0.4, 0.5) is 5.69 Å². The molecule has 29 heavy (non-hydrogen) atoms. The Bertz CT molecular complexity index is 1140. The zero-order valence-electron chi connectivity index (χ0n) is 16.3. The third-order valence-electron chi connectivity index (χ3n) is 5.02. The van der Waals surface area contributed by atoms with Crippen LogP contribution >= 0.6 is 11.6 Å². The zero-order chi connectivity index (χ0) is 20.2. The van der Waals surface area contributed by atoms with Gasteiger partial charge in [-0.2, -0.15) is 0 Å². The van der Waals surface area contributed by atoms with Crippen LogP contribution in [0.3, 0.4) is 0 Å². The second kappa shape index (κ2) is 8.50. The maximum Gasteiger partial charge on any atom is 0.246 e. The predicted octanol–water partition coefficient (Wildman–Crippen LogP) is 5.33. The van der Waals surface area contributed by atoms with E-state index in [9.17, 15) is 4.79 Å². The number of likely N-dealkylation sites (N-methyl/N-ethyl adjacent to an activating group) is 1. The highest BCUT2D eigenvalue weighted by atomic mass is 35.5. The van der Waals surface area contributed by atoms with E-state index in [1.165, 1.54) is 0 Å². The lowest BCUT2D eigenvalue weighted by Gasteiger charge is -2.22. The predicted molar refractivity (Wildman–Crippen MR) is 118 cm³/mol. The van der Waals surface area contributed by atoms with Crippen LogP contribution in [0.1, 0.15) is 18.3 Å². The van der Waals surface area contributed by atoms with Crippen LogP contribution in [0.15, 0.2) is 78.9 Å². The van der Waals surface area contributed by atoms with Crippen molar-refractivity contribution in [1.29, 1.82) is 0 Å². The van der Waals surface area contributed by atoms with E-state index in [-0.39, 0.29) is 12.5 Å². The number of amides is 1. The lowest BCUT2D eigenvalue weighted by atomic mass is 10.1. The van der Waals surface area contributed by atoms with E-state index < -0.39 is 0 Å². The molecule has 0 atom stereocenters. The SMILES string of the molecule is CCN(C(=O)Cn1c(Cc2ccccc2Cl)nc2ccccc21)c1ccccc1. The number of nitrogens with zero attached hydrogens (tertiary/aromatic N) is 3. The van der Waals surface area contributed by atoms with Crippen LogP contribution in [-0.2, 0) is 17.8 Å². The second-order valence-corrected chi connectivity index (χ2v) is 7.25. The Kier molecular flexibility index (Phi) is 5.63. The number of hydrogen-bond acceptors (Lipinski definition) is 2. The molecule has 0 saturated carbocycles. The molecule has 0 aliphatic heterocycles. The average Bonchev–Trinajstić information content (AvgIpc) is 3.08. The highest BCUT2D eigenvalue weighted by Gasteiger charge is 2.19. The molecule has 4 aromatic rings. The maximum absolute atomic E-state index is 13.2. The quantitative estimate of drug-likeness (QED) is 0.436. The normalized spacial score (nSPS) is 11.0. The van der Waals surface area contributed by atoms with Crippen molar-refractivity contribution in [1.82, 2.24) is 9.55 Å². The van der Waals surface area contributed by atoms with Crippen molar-refractivity contribution in [3.8, 4) is 0 Å². The van der Waals surface area contributed by atoms with Crippen molar-refractivity contribution in [2.75, 3.05) is 11.4 Å². The molecule has 0 saturated heterocycles. The van der Waals surface area contributed by atoms with Crippen LogP contribution in [0, 0.1) is 0 Å². The molecule has 0 radical (unpaired) electrons. The van der Waals surface area contributed by atoms with Gasteiger partial charge in [0.05, 0.1) is 11.0 Å². The van der Waals surface area contributed by atoms with Crippen molar-refractivity contribution in [3.63, 3.8) is 0 Å². The first-order valence-electron chi connectivity index (χ1n) is 9.70. The number of carbonyl (C=O) groups is 1. The molecule has 1 heterocycles. The van der Waals surface area contributed by atoms with Crippen LogP contribution < -0.4 is 4.90 Å². The van der Waals surface area contributed by atoms with E-state index in [1.807, 2.05) is 90.4 Å². The monoisotopic (exact) mass is 403 g/mol. The van der Waals surface area contributed by atoms with Gasteiger partial charge in [0.2, 0.25) is 5.91 Å². The van der Waals surface area contributed by atoms with Crippen LogP contribution in [-0.4, -0.2) is 22.0 Å². The highest BCUT2D eigenvalue weighted by molar-refractivity contribution is 6.31. The van der Waals surface area contributed by atoms with Gasteiger partial charge in [0.25, 0.3) is 0 Å². The molecule has 0 aliphatic carbocycles. The number of rotatable bonds is 6. The number of halogens is 1. The topological polar surface area (TPSA) is 38.1 Å². The molecule has 0 bridgehead atoms. The fourth-order valence-corrected chi connectivity index (χ4v) is 3.78. The van der Waals surface area contributed by atoms with Gasteiger partial charge in [0.1, 0.15) is 12.4 Å². The summed E-state index contributed by atoms with van der Waals surface area (Å²) in [7, 11) is 0. The number of para-hydroxylation sites is 3. The van der Waals surface area contributed by atoms with E-state index in [1.54, 1.807) is 4.90 Å². The molecule has 0 fully saturated rings. The minimum atomic E-state index is 0.0299. The van der Waals surface area contributed by atoms with Crippen LogP contribution in [0.25, 0.3) is 11.0 Å². The number of carbonyl (C=O) groups excluding carboxylic acids is 1. The summed E-state index contributed by atoms with van der Waals surface area (Å²) in [4.78, 5) is 19.8. The molecule has 4 nitrogen and oxygen atoms in total. The van der Waals surface area contributed by atoms with Gasteiger partial charge >= 0.3 is 0 Å². The molecule has 1 aromatic heterocycles. The summed E-state index contributed by atoms with van der Waals surface area (Å²) in [6.45, 7) is 2.82. The summed E-state index contributed by atoms with van der Waals surface area (Å²) in [5.74, 6) is 0.860. The molecule has 0 aliphatic rings. The summed E-state index contributed by atoms with van der Waals surface area (Å²) in [6.07, 6.45) is 0.569. The molecule has 0 spiro atoms. The largest absolute Gasteiger partial charge is 0.318 e. The van der Waals surface area contributed by atoms with Gasteiger partial charge in [0.15, 0.2) is 0 Å². The molecule has 3 aromatic carbocycles. The highest BCUT2D eigenvalue weighted by Crippen LogP contribution is 2.23. The summed E-state index contributed by atoms with van der Waals surface area (Å²) >= 11 is 6.37. The maximum atomic E-state index is 13.2. The summed E-state index contributed by atoms with van der Waals surface area (Å²) in [6, 6.07) is 25.4. The Hall–Kier alpha value is -3.11. The first-order valence-corrected chi connectivity index (χ1v) is 10.1. The number of hydrogen-bond donors (Lipinski definition) is 0. The summed E-state index contributed by atoms with van der Waals surface area (Å²) in [5, 5.41) is 0.705. The molecule has 146 valence electrons. The van der Waals surface area contributed by atoms with E-state index >= 15 is 0 Å². The molecule has 5 heteroatoms. The number of benzene rings is 3. The fraction of sp³-hybridized carbons (Fsp3) is 0.167. The van der Waals surface area contributed by atoms with Crippen molar-refractivity contribution in [2.45, 2.75) is 19.9 Å². The third kappa shape index (κ3) is 4.03. The first kappa shape index (κ1) is 19.2. The molecule has 1 amide bonds. The fourth-order valence-electron chi connectivity index (χ4n) is 3.58. The number of imidazole rings is 1. The Labute approximate surface area is 175 Å². The standard InChI is InChI=1S/C24H22ClN3O/c1-2-27(19-11-4-3-5-12-19)24(29)17-28-22-15-9-8-14-21(22)26-23(28)16-18-10-6-7-13-20(18)25/h3-15H,2,16-17H2,1H3. The van der Waals surface area contributed by atoms with Crippen molar-refractivity contribution in [3.05, 3.63) is 95.3 Å². The van der Waals surface area contributed by atoms with Gasteiger partial charge in [-0.05, 0) is 42.8 Å². The van der Waals surface area contributed by atoms with Gasteiger partial charge in [-0.25, -0.2) is 4.98 Å². The smallest absolute Gasteiger partial charge is 0.246 e. The van der Waals surface area contributed by atoms with Gasteiger partial charge in [-0.3, -0.25) is 4.79 Å². The van der Waals surface area contributed by atoms with E-state index in [4.69, 9.17) is 16.6 Å². The Morgan fingerprint density at radius 2 is 1.66 bits per heavy atom. The number of aromatic nitrogens is 2. The van der Waals surface area contributed by atoms with E-state index in [2.05, 4.69) is 0 Å². The average molecular weight is 404 g/mol. The molecule has 0 N–H and O–H groups in total. The molecular weight excluding hydrogens is 382 g/mol. The second-order valence-electron chi connectivity index (χ2n) is 6.84. The Morgan fingerprint density at radius 3 is 2.41 bits per heavy atom. The van der Waals surface area contributed by atoms with E-state index in [0.717, 1.165) is 28.1 Å². The lowest BCUT2D eigenvalue weighted by molar-refractivity contribution is -0.119. The third-order valence-corrected chi connectivity index (χ3v) is 5.39. The minimum Gasteiger partial charge on any atom is -0.318 e. The Morgan fingerprint density at radius 1 is 0.966 bits per heavy atom. The van der Waals surface area contributed by atoms with Crippen LogP contribution in [0.5, 0.6) is 0 Å². The molecular formula is C24H22ClN3O. The van der Waals surface area contributed by atoms with E-state index in [0.29, 0.717) is 18.0 Å². The zero-order valence-corrected chi connectivity index (χ0v) is 17.0. The number of fused-ring (bicyclic) bond motifs is 1. The minimum absolute atomic E-state index is 0.0299. The van der Waals surface area contributed by atoms with Crippen LogP contribution in [0.2, 0.25) is 5.02 Å².